The van der Waals surface area contributed by atoms with Gasteiger partial charge in [-0.2, -0.15) is 5.10 Å². The van der Waals surface area contributed by atoms with Gasteiger partial charge in [0.1, 0.15) is 11.9 Å². The molecule has 3 aromatic heterocycles. The van der Waals surface area contributed by atoms with Gasteiger partial charge in [-0.1, -0.05) is 13.0 Å². The molecule has 1 atom stereocenters. The Bertz CT molecular complexity index is 881. The standard InChI is InChI=1S/C21H26N6O/c1-2-19(27-12-5-10-24-27)21(28)25-13-7-17(8-14-25)20-23-11-15-26(20)16-18-6-3-4-9-22-18/h3-6,9-12,15,17,19H,2,7-8,13-14,16H2,1H3. The molecule has 0 radical (unpaired) electrons. The fraction of sp³-hybridized carbons (Fsp3) is 0.429. The van der Waals surface area contributed by atoms with Crippen molar-refractivity contribution in [1.29, 1.82) is 0 Å². The van der Waals surface area contributed by atoms with Crippen LogP contribution >= 0.6 is 0 Å². The number of amides is 1. The highest BCUT2D eigenvalue weighted by Gasteiger charge is 2.30. The molecule has 3 aromatic rings. The Hall–Kier alpha value is -2.96. The van der Waals surface area contributed by atoms with E-state index in [2.05, 4.69) is 19.6 Å². The highest BCUT2D eigenvalue weighted by Crippen LogP contribution is 2.28. The molecule has 0 aromatic carbocycles. The largest absolute Gasteiger partial charge is 0.341 e. The molecule has 1 amide bonds. The van der Waals surface area contributed by atoms with Gasteiger partial charge in [0.25, 0.3) is 0 Å². The predicted molar refractivity (Wildman–Crippen MR) is 106 cm³/mol. The molecule has 1 unspecified atom stereocenters. The molecule has 0 bridgehead atoms. The van der Waals surface area contributed by atoms with Gasteiger partial charge in [-0.05, 0) is 37.5 Å². The van der Waals surface area contributed by atoms with Crippen LogP contribution in [-0.4, -0.2) is 48.2 Å². The van der Waals surface area contributed by atoms with Gasteiger partial charge in [-0.25, -0.2) is 4.98 Å². The van der Waals surface area contributed by atoms with Crippen LogP contribution in [0.4, 0.5) is 0 Å². The zero-order valence-corrected chi connectivity index (χ0v) is 16.2. The van der Waals surface area contributed by atoms with E-state index >= 15 is 0 Å². The number of likely N-dealkylation sites (tertiary alicyclic amines) is 1. The summed E-state index contributed by atoms with van der Waals surface area (Å²) in [6, 6.07) is 7.62. The summed E-state index contributed by atoms with van der Waals surface area (Å²) in [4.78, 5) is 24.0. The quantitative estimate of drug-likeness (QED) is 0.661. The van der Waals surface area contributed by atoms with E-state index in [1.54, 1.807) is 10.9 Å². The molecule has 0 aliphatic carbocycles. The van der Waals surface area contributed by atoms with Crippen LogP contribution in [-0.2, 0) is 11.3 Å². The lowest BCUT2D eigenvalue weighted by Gasteiger charge is -2.34. The Morgan fingerprint density at radius 3 is 2.64 bits per heavy atom. The molecular weight excluding hydrogens is 352 g/mol. The number of nitrogens with zero attached hydrogens (tertiary/aromatic N) is 6. The van der Waals surface area contributed by atoms with Gasteiger partial charge in [0.2, 0.25) is 5.91 Å². The van der Waals surface area contributed by atoms with Gasteiger partial charge in [0.05, 0.1) is 12.2 Å². The van der Waals surface area contributed by atoms with E-state index in [4.69, 9.17) is 0 Å². The normalized spacial score (nSPS) is 16.2. The third-order valence-electron chi connectivity index (χ3n) is 5.49. The number of carbonyl (C=O) groups excluding carboxylic acids is 1. The molecule has 1 aliphatic heterocycles. The van der Waals surface area contributed by atoms with Crippen molar-refractivity contribution in [2.24, 2.45) is 0 Å². The summed E-state index contributed by atoms with van der Waals surface area (Å²) in [7, 11) is 0. The third kappa shape index (κ3) is 3.83. The number of imidazole rings is 1. The van der Waals surface area contributed by atoms with E-state index in [0.29, 0.717) is 5.92 Å². The van der Waals surface area contributed by atoms with Gasteiger partial charge >= 0.3 is 0 Å². The number of hydrogen-bond acceptors (Lipinski definition) is 4. The highest BCUT2D eigenvalue weighted by atomic mass is 16.2. The second-order valence-corrected chi connectivity index (χ2v) is 7.24. The van der Waals surface area contributed by atoms with E-state index in [-0.39, 0.29) is 11.9 Å². The van der Waals surface area contributed by atoms with Crippen molar-refractivity contribution >= 4 is 5.91 Å². The van der Waals surface area contributed by atoms with E-state index in [9.17, 15) is 4.79 Å². The number of pyridine rings is 1. The molecule has 0 spiro atoms. The van der Waals surface area contributed by atoms with E-state index in [1.165, 1.54) is 0 Å². The fourth-order valence-electron chi connectivity index (χ4n) is 3.99. The van der Waals surface area contributed by atoms with Crippen molar-refractivity contribution in [1.82, 2.24) is 29.2 Å². The summed E-state index contributed by atoms with van der Waals surface area (Å²) in [6.07, 6.45) is 11.9. The summed E-state index contributed by atoms with van der Waals surface area (Å²) < 4.78 is 3.96. The molecule has 0 N–H and O–H groups in total. The van der Waals surface area contributed by atoms with Crippen molar-refractivity contribution in [2.75, 3.05) is 13.1 Å². The number of aromatic nitrogens is 5. The molecule has 1 aliphatic rings. The van der Waals surface area contributed by atoms with E-state index < -0.39 is 0 Å². The zero-order chi connectivity index (χ0) is 19.3. The lowest BCUT2D eigenvalue weighted by molar-refractivity contribution is -0.136. The third-order valence-corrected chi connectivity index (χ3v) is 5.49. The maximum Gasteiger partial charge on any atom is 0.247 e. The van der Waals surface area contributed by atoms with Crippen molar-refractivity contribution < 1.29 is 4.79 Å². The minimum Gasteiger partial charge on any atom is -0.341 e. The first kappa shape index (κ1) is 18.4. The first-order valence-electron chi connectivity index (χ1n) is 9.95. The van der Waals surface area contributed by atoms with Gasteiger partial charge in [-0.3, -0.25) is 14.5 Å². The topological polar surface area (TPSA) is 68.8 Å². The Labute approximate surface area is 165 Å². The molecule has 0 saturated carbocycles. The lowest BCUT2D eigenvalue weighted by atomic mass is 9.95. The summed E-state index contributed by atoms with van der Waals surface area (Å²) in [5.74, 6) is 1.63. The molecule has 1 fully saturated rings. The van der Waals surface area contributed by atoms with Crippen LogP contribution in [0.1, 0.15) is 49.7 Å². The van der Waals surface area contributed by atoms with Crippen molar-refractivity contribution in [3.8, 4) is 0 Å². The molecular formula is C21H26N6O. The average molecular weight is 378 g/mol. The molecule has 4 heterocycles. The van der Waals surface area contributed by atoms with Crippen LogP contribution in [0.5, 0.6) is 0 Å². The van der Waals surface area contributed by atoms with Gasteiger partial charge < -0.3 is 9.47 Å². The summed E-state index contributed by atoms with van der Waals surface area (Å²) in [5.41, 5.74) is 1.03. The predicted octanol–water partition coefficient (Wildman–Crippen LogP) is 2.88. The van der Waals surface area contributed by atoms with Crippen LogP contribution in [0.3, 0.4) is 0 Å². The molecule has 7 nitrogen and oxygen atoms in total. The second kappa shape index (κ2) is 8.37. The van der Waals surface area contributed by atoms with Gasteiger partial charge in [-0.15, -0.1) is 0 Å². The summed E-state index contributed by atoms with van der Waals surface area (Å²) >= 11 is 0. The van der Waals surface area contributed by atoms with Crippen molar-refractivity contribution in [3.05, 3.63) is 66.8 Å². The Morgan fingerprint density at radius 2 is 1.96 bits per heavy atom. The number of piperidine rings is 1. The van der Waals surface area contributed by atoms with Crippen LogP contribution < -0.4 is 0 Å². The lowest BCUT2D eigenvalue weighted by Crippen LogP contribution is -2.42. The van der Waals surface area contributed by atoms with E-state index in [1.807, 2.05) is 60.9 Å². The zero-order valence-electron chi connectivity index (χ0n) is 16.2. The number of rotatable bonds is 6. The molecule has 28 heavy (non-hydrogen) atoms. The highest BCUT2D eigenvalue weighted by molar-refractivity contribution is 5.80. The minimum atomic E-state index is -0.210. The minimum absolute atomic E-state index is 0.168. The van der Waals surface area contributed by atoms with Crippen molar-refractivity contribution in [2.45, 2.75) is 44.7 Å². The van der Waals surface area contributed by atoms with Crippen LogP contribution in [0.25, 0.3) is 0 Å². The SMILES string of the molecule is CCC(C(=O)N1CCC(c2nccn2Cc2ccccn2)CC1)n1cccn1. The van der Waals surface area contributed by atoms with Crippen LogP contribution in [0.15, 0.2) is 55.2 Å². The first-order valence-corrected chi connectivity index (χ1v) is 9.95. The molecule has 7 heteroatoms. The van der Waals surface area contributed by atoms with Gasteiger partial charge in [0.15, 0.2) is 0 Å². The molecule has 4 rings (SSSR count). The molecule has 146 valence electrons. The number of carbonyl (C=O) groups is 1. The summed E-state index contributed by atoms with van der Waals surface area (Å²) in [6.45, 7) is 4.29. The second-order valence-electron chi connectivity index (χ2n) is 7.24. The Balaban J connectivity index is 1.40. The van der Waals surface area contributed by atoms with Crippen LogP contribution in [0.2, 0.25) is 0 Å². The van der Waals surface area contributed by atoms with Crippen LogP contribution in [0, 0.1) is 0 Å². The Kier molecular flexibility index (Phi) is 5.50. The first-order chi connectivity index (χ1) is 13.8. The monoisotopic (exact) mass is 378 g/mol. The smallest absolute Gasteiger partial charge is 0.247 e. The maximum absolute atomic E-state index is 13.0. The average Bonchev–Trinajstić information content (AvgIpc) is 3.42. The summed E-state index contributed by atoms with van der Waals surface area (Å²) in [5, 5.41) is 4.26. The maximum atomic E-state index is 13.0. The fourth-order valence-corrected chi connectivity index (χ4v) is 3.99. The number of hydrogen-bond donors (Lipinski definition) is 0. The van der Waals surface area contributed by atoms with Gasteiger partial charge in [0, 0.05) is 50.0 Å². The Morgan fingerprint density at radius 1 is 1.11 bits per heavy atom. The van der Waals surface area contributed by atoms with Crippen molar-refractivity contribution in [3.63, 3.8) is 0 Å². The van der Waals surface area contributed by atoms with E-state index in [0.717, 1.165) is 50.4 Å². The molecule has 1 saturated heterocycles.